The normalized spacial score (nSPS) is 10.7. The lowest BCUT2D eigenvalue weighted by Crippen LogP contribution is -2.24. The highest BCUT2D eigenvalue weighted by atomic mass is 32.2. The Morgan fingerprint density at radius 3 is 2.54 bits per heavy atom. The molecule has 1 N–H and O–H groups in total. The number of hydrogen-bond donors (Lipinski definition) is 1. The molecular formula is C18H18FN5OS. The fourth-order valence-corrected chi connectivity index (χ4v) is 3.21. The zero-order valence-electron chi connectivity index (χ0n) is 14.4. The van der Waals surface area contributed by atoms with Gasteiger partial charge in [0, 0.05) is 6.54 Å². The third kappa shape index (κ3) is 4.66. The van der Waals surface area contributed by atoms with Gasteiger partial charge in [0.25, 0.3) is 0 Å². The second kappa shape index (κ2) is 8.09. The number of aryl methyl sites for hydroxylation is 2. The molecule has 3 rings (SSSR count). The summed E-state index contributed by atoms with van der Waals surface area (Å²) < 4.78 is 14.5. The first-order valence-electron chi connectivity index (χ1n) is 8.02. The zero-order chi connectivity index (χ0) is 18.5. The largest absolute Gasteiger partial charge is 0.351 e. The number of rotatable bonds is 6. The van der Waals surface area contributed by atoms with Gasteiger partial charge in [0.15, 0.2) is 0 Å². The fourth-order valence-electron chi connectivity index (χ4n) is 2.49. The molecule has 0 radical (unpaired) electrons. The fraction of sp³-hybridized carbons (Fsp3) is 0.222. The molecule has 1 aromatic heterocycles. The van der Waals surface area contributed by atoms with Gasteiger partial charge in [-0.1, -0.05) is 30.0 Å². The van der Waals surface area contributed by atoms with E-state index in [4.69, 9.17) is 0 Å². The summed E-state index contributed by atoms with van der Waals surface area (Å²) in [5.41, 5.74) is 3.93. The van der Waals surface area contributed by atoms with Gasteiger partial charge in [0.2, 0.25) is 11.1 Å². The second-order valence-electron chi connectivity index (χ2n) is 5.91. The molecule has 134 valence electrons. The van der Waals surface area contributed by atoms with E-state index in [1.165, 1.54) is 23.9 Å². The second-order valence-corrected chi connectivity index (χ2v) is 6.85. The monoisotopic (exact) mass is 371 g/mol. The summed E-state index contributed by atoms with van der Waals surface area (Å²) in [4.78, 5) is 12.1. The van der Waals surface area contributed by atoms with Crippen molar-refractivity contribution >= 4 is 17.7 Å². The van der Waals surface area contributed by atoms with Crippen LogP contribution in [0.3, 0.4) is 0 Å². The van der Waals surface area contributed by atoms with Crippen molar-refractivity contribution < 1.29 is 9.18 Å². The Balaban J connectivity index is 1.59. The zero-order valence-corrected chi connectivity index (χ0v) is 15.3. The van der Waals surface area contributed by atoms with E-state index >= 15 is 0 Å². The van der Waals surface area contributed by atoms with E-state index in [2.05, 4.69) is 26.9 Å². The lowest BCUT2D eigenvalue weighted by Gasteiger charge is -2.07. The molecule has 1 amide bonds. The van der Waals surface area contributed by atoms with Crippen molar-refractivity contribution in [2.75, 3.05) is 5.75 Å². The molecular weight excluding hydrogens is 353 g/mol. The lowest BCUT2D eigenvalue weighted by atomic mass is 10.1. The molecule has 0 unspecified atom stereocenters. The first-order chi connectivity index (χ1) is 12.5. The maximum absolute atomic E-state index is 12.9. The molecule has 8 heteroatoms. The molecule has 0 saturated heterocycles. The Morgan fingerprint density at radius 2 is 1.85 bits per heavy atom. The molecule has 2 aromatic carbocycles. The topological polar surface area (TPSA) is 72.7 Å². The molecule has 0 saturated carbocycles. The average molecular weight is 371 g/mol. The smallest absolute Gasteiger partial charge is 0.230 e. The van der Waals surface area contributed by atoms with Crippen molar-refractivity contribution in [1.29, 1.82) is 0 Å². The molecule has 3 aromatic rings. The number of nitrogens with one attached hydrogen (secondary N) is 1. The molecule has 0 aliphatic heterocycles. The van der Waals surface area contributed by atoms with Crippen LogP contribution < -0.4 is 5.32 Å². The van der Waals surface area contributed by atoms with Crippen molar-refractivity contribution in [3.63, 3.8) is 0 Å². The lowest BCUT2D eigenvalue weighted by molar-refractivity contribution is -0.118. The summed E-state index contributed by atoms with van der Waals surface area (Å²) in [6.45, 7) is 4.37. The van der Waals surface area contributed by atoms with E-state index in [1.807, 2.05) is 26.0 Å². The van der Waals surface area contributed by atoms with Gasteiger partial charge in [0.1, 0.15) is 5.82 Å². The summed E-state index contributed by atoms with van der Waals surface area (Å²) in [6, 6.07) is 12.1. The number of carbonyl (C=O) groups excluding carboxylic acids is 1. The first-order valence-corrected chi connectivity index (χ1v) is 9.01. The minimum absolute atomic E-state index is 0.144. The molecule has 26 heavy (non-hydrogen) atoms. The van der Waals surface area contributed by atoms with Gasteiger partial charge in [-0.2, -0.15) is 4.68 Å². The number of nitrogens with zero attached hydrogens (tertiary/aromatic N) is 4. The summed E-state index contributed by atoms with van der Waals surface area (Å²) in [6.07, 6.45) is 0. The SMILES string of the molecule is Cc1cc(C)cc(-n2nnnc2SCC(=O)NCc2ccc(F)cc2)c1. The van der Waals surface area contributed by atoms with Crippen LogP contribution >= 0.6 is 11.8 Å². The molecule has 0 bridgehead atoms. The van der Waals surface area contributed by atoms with E-state index in [1.54, 1.807) is 16.8 Å². The number of amides is 1. The molecule has 0 atom stereocenters. The first kappa shape index (κ1) is 18.1. The van der Waals surface area contributed by atoms with E-state index in [0.717, 1.165) is 22.4 Å². The summed E-state index contributed by atoms with van der Waals surface area (Å²) in [5, 5.41) is 15.1. The van der Waals surface area contributed by atoms with Gasteiger partial charge in [0.05, 0.1) is 11.4 Å². The third-order valence-electron chi connectivity index (χ3n) is 3.63. The molecule has 0 aliphatic carbocycles. The van der Waals surface area contributed by atoms with Crippen molar-refractivity contribution in [3.8, 4) is 5.69 Å². The predicted octanol–water partition coefficient (Wildman–Crippen LogP) is 2.83. The summed E-state index contributed by atoms with van der Waals surface area (Å²) in [5.74, 6) is -0.255. The third-order valence-corrected chi connectivity index (χ3v) is 4.55. The van der Waals surface area contributed by atoms with E-state index < -0.39 is 0 Å². The van der Waals surface area contributed by atoms with Crippen LogP contribution in [0.5, 0.6) is 0 Å². The Kier molecular flexibility index (Phi) is 5.62. The Morgan fingerprint density at radius 1 is 1.15 bits per heavy atom. The number of tetrazole rings is 1. The quantitative estimate of drug-likeness (QED) is 0.675. The van der Waals surface area contributed by atoms with Gasteiger partial charge < -0.3 is 5.32 Å². The van der Waals surface area contributed by atoms with Crippen LogP contribution in [-0.2, 0) is 11.3 Å². The molecule has 6 nitrogen and oxygen atoms in total. The van der Waals surface area contributed by atoms with Crippen molar-refractivity contribution in [3.05, 3.63) is 65.0 Å². The van der Waals surface area contributed by atoms with Gasteiger partial charge in [-0.05, 0) is 65.2 Å². The van der Waals surface area contributed by atoms with Gasteiger partial charge in [-0.3, -0.25) is 4.79 Å². The Bertz CT molecular complexity index is 890. The highest BCUT2D eigenvalue weighted by Crippen LogP contribution is 2.20. The Hall–Kier alpha value is -2.74. The van der Waals surface area contributed by atoms with Crippen molar-refractivity contribution in [1.82, 2.24) is 25.5 Å². The number of benzene rings is 2. The van der Waals surface area contributed by atoms with Crippen LogP contribution in [0.2, 0.25) is 0 Å². The summed E-state index contributed by atoms with van der Waals surface area (Å²) in [7, 11) is 0. The molecule has 1 heterocycles. The van der Waals surface area contributed by atoms with Crippen LogP contribution in [0.1, 0.15) is 16.7 Å². The molecule has 0 fully saturated rings. The van der Waals surface area contributed by atoms with Gasteiger partial charge in [-0.15, -0.1) is 5.10 Å². The maximum Gasteiger partial charge on any atom is 0.230 e. The minimum atomic E-state index is -0.297. The number of aromatic nitrogens is 4. The average Bonchev–Trinajstić information content (AvgIpc) is 3.07. The number of hydrogen-bond acceptors (Lipinski definition) is 5. The van der Waals surface area contributed by atoms with Crippen LogP contribution in [0.25, 0.3) is 5.69 Å². The van der Waals surface area contributed by atoms with E-state index in [0.29, 0.717) is 11.7 Å². The van der Waals surface area contributed by atoms with Crippen LogP contribution in [0.4, 0.5) is 4.39 Å². The number of carbonyl (C=O) groups is 1. The predicted molar refractivity (Wildman–Crippen MR) is 97.6 cm³/mol. The molecule has 0 spiro atoms. The van der Waals surface area contributed by atoms with Crippen LogP contribution in [0.15, 0.2) is 47.6 Å². The molecule has 0 aliphatic rings. The minimum Gasteiger partial charge on any atom is -0.351 e. The van der Waals surface area contributed by atoms with Gasteiger partial charge >= 0.3 is 0 Å². The maximum atomic E-state index is 12.9. The Labute approximate surface area is 154 Å². The number of halogens is 1. The van der Waals surface area contributed by atoms with Crippen molar-refractivity contribution in [2.24, 2.45) is 0 Å². The van der Waals surface area contributed by atoms with E-state index in [-0.39, 0.29) is 17.5 Å². The van der Waals surface area contributed by atoms with Crippen LogP contribution in [-0.4, -0.2) is 31.9 Å². The highest BCUT2D eigenvalue weighted by Gasteiger charge is 2.12. The van der Waals surface area contributed by atoms with Crippen LogP contribution in [0, 0.1) is 19.7 Å². The van der Waals surface area contributed by atoms with Gasteiger partial charge in [-0.25, -0.2) is 4.39 Å². The highest BCUT2D eigenvalue weighted by molar-refractivity contribution is 7.99. The van der Waals surface area contributed by atoms with E-state index in [9.17, 15) is 9.18 Å². The summed E-state index contributed by atoms with van der Waals surface area (Å²) >= 11 is 1.26. The number of thioether (sulfide) groups is 1. The standard InChI is InChI=1S/C18H18FN5OS/c1-12-7-13(2)9-16(8-12)24-18(21-22-23-24)26-11-17(25)20-10-14-3-5-15(19)6-4-14/h3-9H,10-11H2,1-2H3,(H,20,25). The van der Waals surface area contributed by atoms with Crippen molar-refractivity contribution in [2.45, 2.75) is 25.5 Å².